The lowest BCUT2D eigenvalue weighted by Crippen LogP contribution is -2.34. The van der Waals surface area contributed by atoms with E-state index in [2.05, 4.69) is 20.9 Å². The fourth-order valence-electron chi connectivity index (χ4n) is 7.75. The number of phosphoric ester groups is 1. The molecule has 0 amide bonds. The Morgan fingerprint density at radius 1 is 0.714 bits per heavy atom. The van der Waals surface area contributed by atoms with Crippen LogP contribution in [0.4, 0.5) is 0 Å². The molecule has 8 rings (SSSR count). The van der Waals surface area contributed by atoms with Crippen LogP contribution < -0.4 is 5.56 Å². The van der Waals surface area contributed by atoms with Gasteiger partial charge < -0.3 is 32.9 Å². The van der Waals surface area contributed by atoms with Gasteiger partial charge in [0.15, 0.2) is 39.9 Å². The summed E-state index contributed by atoms with van der Waals surface area (Å²) in [5, 5.41) is 0. The van der Waals surface area contributed by atoms with Crippen LogP contribution in [0.25, 0.3) is 11.2 Å². The topological polar surface area (TPSA) is 179 Å². The Morgan fingerprint density at radius 3 is 1.68 bits per heavy atom. The van der Waals surface area contributed by atoms with E-state index < -0.39 is 91.0 Å². The van der Waals surface area contributed by atoms with E-state index in [4.69, 9.17) is 51.5 Å². The lowest BCUT2D eigenvalue weighted by atomic mass is 10.1. The average Bonchev–Trinajstić information content (AvgIpc) is 3.93. The molecule has 4 aliphatic rings. The maximum atomic E-state index is 14.6. The van der Waals surface area contributed by atoms with Crippen molar-refractivity contribution >= 4 is 63.5 Å². The largest absolute Gasteiger partial charge is 0.475 e. The van der Waals surface area contributed by atoms with Crippen LogP contribution in [-0.4, -0.2) is 91.7 Å². The van der Waals surface area contributed by atoms with Gasteiger partial charge >= 0.3 is 13.6 Å². The Bertz CT molecular complexity index is 2380. The van der Waals surface area contributed by atoms with Crippen LogP contribution in [0.1, 0.15) is 81.7 Å². The van der Waals surface area contributed by atoms with Crippen LogP contribution in [0.5, 0.6) is 0 Å². The fraction of sp³-hybridized carbons (Fsp3) is 0.585. The van der Waals surface area contributed by atoms with Crippen molar-refractivity contribution in [3.05, 3.63) is 82.1 Å². The molecule has 4 aromatic rings. The van der Waals surface area contributed by atoms with Gasteiger partial charge in [-0.15, -0.1) is 0 Å². The van der Waals surface area contributed by atoms with Crippen LogP contribution in [0.3, 0.4) is 0 Å². The highest BCUT2D eigenvalue weighted by Crippen LogP contribution is 2.74. The molecule has 17 nitrogen and oxygen atoms in total. The number of halogens is 1. The van der Waals surface area contributed by atoms with E-state index in [1.54, 1.807) is 73.8 Å². The second-order valence-electron chi connectivity index (χ2n) is 18.3. The van der Waals surface area contributed by atoms with Crippen molar-refractivity contribution in [3.8, 4) is 0 Å². The standard InChI is InChI=1S/C41H53BrN4O13P2S2/c1-38(2,3)58-60(48,59-39(4,5)6)50-21-26-29-31(56-40(7,8)54-29)35(52-26)45-23-43-33-28(34(45)47)44-37(42)46(33)36-32-30(55-41(9,10)57-32)27(53-36)22-51-61(49,62-24-17-13-11-14-18-24)63-25-19-15-12-16-20-25/h11-20,23,26-27,29-32,35-36H,21-22H2,1-10H3/t26-,27-,29-,30-,31-,32-,35-,36-/m1/s1. The van der Waals surface area contributed by atoms with Gasteiger partial charge in [-0.25, -0.2) is 14.5 Å². The lowest BCUT2D eigenvalue weighted by Gasteiger charge is -2.32. The summed E-state index contributed by atoms with van der Waals surface area (Å²) in [5.74, 6) is -5.52. The highest BCUT2D eigenvalue weighted by atomic mass is 79.9. The summed E-state index contributed by atoms with van der Waals surface area (Å²) in [7, 11) is -4.12. The molecule has 0 aliphatic carbocycles. The third-order valence-electron chi connectivity index (χ3n) is 9.85. The Labute approximate surface area is 382 Å². The zero-order chi connectivity index (χ0) is 45.3. The average molecular weight is 1020 g/mol. The molecule has 4 saturated heterocycles. The highest BCUT2D eigenvalue weighted by Gasteiger charge is 2.59. The van der Waals surface area contributed by atoms with Crippen molar-refractivity contribution < 1.29 is 55.6 Å². The van der Waals surface area contributed by atoms with Gasteiger partial charge in [-0.05, 0) is 132 Å². The number of hydrogen-bond donors (Lipinski definition) is 0. The van der Waals surface area contributed by atoms with Gasteiger partial charge in [0, 0.05) is 9.79 Å². The molecule has 6 heterocycles. The minimum absolute atomic E-state index is 0.00473. The normalized spacial score (nSPS) is 28.2. The van der Waals surface area contributed by atoms with Crippen LogP contribution in [0.15, 0.2) is 86.3 Å². The maximum absolute atomic E-state index is 14.6. The SMILES string of the molecule is CC(C)(C)OP(=O)(OC[C@H]1O[C@@H](n2cnc3c(nc(Br)n3[C@@H]3O[C@H](COP(=O)(Sc4ccccc4)Sc4ccccc4)[C@H]4OC(C)(C)O[C@H]43)c2=O)[C@@H]2OC(C)(C)O[C@@H]21)OC(C)(C)C. The van der Waals surface area contributed by atoms with Gasteiger partial charge in [0.25, 0.3) is 5.56 Å². The van der Waals surface area contributed by atoms with Gasteiger partial charge in [0.05, 0.1) is 24.4 Å². The quantitative estimate of drug-likeness (QED) is 0.0860. The minimum atomic E-state index is -4.12. The van der Waals surface area contributed by atoms with Crippen LogP contribution in [-0.2, 0) is 55.6 Å². The molecular formula is C41H53BrN4O13P2S2. The van der Waals surface area contributed by atoms with Gasteiger partial charge in [-0.2, -0.15) is 0 Å². The molecule has 4 fully saturated rings. The highest BCUT2D eigenvalue weighted by molar-refractivity contribution is 9.10. The molecule has 8 atom stereocenters. The Balaban J connectivity index is 1.05. The van der Waals surface area contributed by atoms with Gasteiger partial charge in [0.2, 0.25) is 0 Å². The van der Waals surface area contributed by atoms with E-state index in [0.29, 0.717) is 0 Å². The second-order valence-corrected chi connectivity index (χ2v) is 27.7. The fourth-order valence-corrected chi connectivity index (χ4v) is 16.6. The number of phosphoric acid groups is 1. The molecule has 2 aromatic carbocycles. The number of ether oxygens (including phenoxy) is 6. The van der Waals surface area contributed by atoms with E-state index in [0.717, 1.165) is 32.6 Å². The number of benzene rings is 2. The molecule has 22 heteroatoms. The van der Waals surface area contributed by atoms with Crippen molar-refractivity contribution in [3.63, 3.8) is 0 Å². The van der Waals surface area contributed by atoms with Crippen LogP contribution in [0, 0.1) is 0 Å². The second kappa shape index (κ2) is 17.6. The summed E-state index contributed by atoms with van der Waals surface area (Å²) in [6.07, 6.45) is -5.02. The zero-order valence-electron chi connectivity index (χ0n) is 36.6. The zero-order valence-corrected chi connectivity index (χ0v) is 41.6. The number of rotatable bonds is 14. The Hall–Kier alpha value is -1.97. The Kier molecular flexibility index (Phi) is 13.3. The summed E-state index contributed by atoms with van der Waals surface area (Å²) in [5.41, 5.74) is -2.05. The van der Waals surface area contributed by atoms with Crippen molar-refractivity contribution in [2.75, 3.05) is 13.2 Å². The van der Waals surface area contributed by atoms with Crippen molar-refractivity contribution in [2.24, 2.45) is 0 Å². The van der Waals surface area contributed by atoms with E-state index in [1.807, 2.05) is 60.7 Å². The first kappa shape index (κ1) is 47.5. The lowest BCUT2D eigenvalue weighted by molar-refractivity contribution is -0.200. The first-order valence-corrected chi connectivity index (χ1v) is 27.2. The molecule has 0 saturated carbocycles. The molecule has 0 bridgehead atoms. The minimum Gasteiger partial charge on any atom is -0.347 e. The van der Waals surface area contributed by atoms with Crippen molar-refractivity contribution in [2.45, 2.75) is 151 Å². The van der Waals surface area contributed by atoms with E-state index in [1.165, 1.54) is 10.9 Å². The Morgan fingerprint density at radius 2 is 1.17 bits per heavy atom. The summed E-state index contributed by atoms with van der Waals surface area (Å²) in [6, 6.07) is 18.9. The number of nitrogens with zero attached hydrogens (tertiary/aromatic N) is 4. The van der Waals surface area contributed by atoms with Gasteiger partial charge in [0.1, 0.15) is 43.0 Å². The molecule has 0 unspecified atom stereocenters. The summed E-state index contributed by atoms with van der Waals surface area (Å²) < 4.78 is 94.0. The smallest absolute Gasteiger partial charge is 0.347 e. The molecule has 4 aliphatic heterocycles. The van der Waals surface area contributed by atoms with Crippen LogP contribution >= 0.6 is 52.3 Å². The van der Waals surface area contributed by atoms with Gasteiger partial charge in [-0.1, -0.05) is 36.4 Å². The third-order valence-corrected chi connectivity index (χ3v) is 18.9. The van der Waals surface area contributed by atoms with Crippen LogP contribution in [0.2, 0.25) is 0 Å². The first-order chi connectivity index (χ1) is 29.4. The molecule has 63 heavy (non-hydrogen) atoms. The summed E-state index contributed by atoms with van der Waals surface area (Å²) >= 11 is 5.89. The predicted molar refractivity (Wildman–Crippen MR) is 238 cm³/mol. The molecule has 0 radical (unpaired) electrons. The number of fused-ring (bicyclic) bond motifs is 3. The van der Waals surface area contributed by atoms with Crippen molar-refractivity contribution in [1.29, 1.82) is 0 Å². The van der Waals surface area contributed by atoms with Crippen molar-refractivity contribution in [1.82, 2.24) is 19.1 Å². The van der Waals surface area contributed by atoms with E-state index >= 15 is 0 Å². The number of aromatic nitrogens is 4. The van der Waals surface area contributed by atoms with E-state index in [-0.39, 0.29) is 29.1 Å². The molecule has 0 spiro atoms. The third kappa shape index (κ3) is 10.8. The number of imidazole rings is 1. The molecule has 344 valence electrons. The monoisotopic (exact) mass is 1010 g/mol. The van der Waals surface area contributed by atoms with Gasteiger partial charge in [-0.3, -0.25) is 32.1 Å². The number of hydrogen-bond acceptors (Lipinski definition) is 17. The molecular weight excluding hydrogens is 962 g/mol. The molecule has 0 N–H and O–H groups in total. The van der Waals surface area contributed by atoms with E-state index in [9.17, 15) is 13.9 Å². The first-order valence-electron chi connectivity index (χ1n) is 20.5. The maximum Gasteiger partial charge on any atom is 0.475 e. The molecule has 2 aromatic heterocycles. The predicted octanol–water partition coefficient (Wildman–Crippen LogP) is 9.65. The summed E-state index contributed by atoms with van der Waals surface area (Å²) in [4.78, 5) is 25.4. The summed E-state index contributed by atoms with van der Waals surface area (Å²) in [6.45, 7) is 17.2.